The summed E-state index contributed by atoms with van der Waals surface area (Å²) in [4.78, 5) is 11.4. The smallest absolute Gasteiger partial charge is 0.306 e. The fourth-order valence-electron chi connectivity index (χ4n) is 2.05. The second-order valence-corrected chi connectivity index (χ2v) is 4.51. The van der Waals surface area contributed by atoms with Crippen LogP contribution in [0.2, 0.25) is 0 Å². The highest BCUT2D eigenvalue weighted by molar-refractivity contribution is 5.69. The van der Waals surface area contributed by atoms with E-state index in [0.29, 0.717) is 13.0 Å². The minimum atomic E-state index is -0.134. The molecule has 2 rings (SSSR count). The van der Waals surface area contributed by atoms with Crippen LogP contribution in [-0.4, -0.2) is 19.4 Å². The first kappa shape index (κ1) is 12.7. The van der Waals surface area contributed by atoms with Gasteiger partial charge in [-0.15, -0.1) is 0 Å². The zero-order valence-corrected chi connectivity index (χ0v) is 10.8. The summed E-state index contributed by atoms with van der Waals surface area (Å²) in [6.45, 7) is 4.59. The zero-order valence-electron chi connectivity index (χ0n) is 10.8. The average Bonchev–Trinajstić information content (AvgIpc) is 2.76. The van der Waals surface area contributed by atoms with E-state index in [9.17, 15) is 4.79 Å². The van der Waals surface area contributed by atoms with Gasteiger partial charge < -0.3 is 14.2 Å². The maximum atomic E-state index is 11.4. The van der Waals surface area contributed by atoms with E-state index in [1.165, 1.54) is 0 Å². The molecule has 1 aliphatic rings. The normalized spacial score (nSPS) is 14.3. The molecule has 0 aromatic heterocycles. The molecule has 0 saturated carbocycles. The number of hydrogen-bond acceptors (Lipinski definition) is 4. The summed E-state index contributed by atoms with van der Waals surface area (Å²) in [5, 5.41) is 0. The van der Waals surface area contributed by atoms with Crippen LogP contribution in [0.3, 0.4) is 0 Å². The van der Waals surface area contributed by atoms with Crippen LogP contribution in [0.5, 0.6) is 11.5 Å². The summed E-state index contributed by atoms with van der Waals surface area (Å²) < 4.78 is 15.5. The first-order chi connectivity index (χ1) is 8.69. The third-order valence-electron chi connectivity index (χ3n) is 2.84. The highest BCUT2D eigenvalue weighted by Gasteiger charge is 2.15. The molecule has 0 aliphatic carbocycles. The van der Waals surface area contributed by atoms with Crippen molar-refractivity contribution in [3.63, 3.8) is 0 Å². The molecule has 0 spiro atoms. The van der Waals surface area contributed by atoms with E-state index < -0.39 is 0 Å². The molecule has 1 atom stereocenters. The van der Waals surface area contributed by atoms with Crippen molar-refractivity contribution in [2.45, 2.75) is 26.7 Å². The molecule has 0 amide bonds. The predicted octanol–water partition coefficient (Wildman–Crippen LogP) is 2.55. The lowest BCUT2D eigenvalue weighted by molar-refractivity contribution is -0.144. The predicted molar refractivity (Wildman–Crippen MR) is 66.7 cm³/mol. The number of carbonyl (C=O) groups excluding carboxylic acids is 1. The van der Waals surface area contributed by atoms with Crippen LogP contribution in [0.4, 0.5) is 0 Å². The van der Waals surface area contributed by atoms with E-state index in [1.807, 2.05) is 32.0 Å². The highest BCUT2D eigenvalue weighted by Crippen LogP contribution is 2.33. The minimum absolute atomic E-state index is 0.134. The topological polar surface area (TPSA) is 44.8 Å². The monoisotopic (exact) mass is 250 g/mol. The van der Waals surface area contributed by atoms with Crippen molar-refractivity contribution in [3.05, 3.63) is 23.8 Å². The van der Waals surface area contributed by atoms with Crippen molar-refractivity contribution in [1.82, 2.24) is 0 Å². The van der Waals surface area contributed by atoms with E-state index in [2.05, 4.69) is 0 Å². The molecule has 0 radical (unpaired) electrons. The van der Waals surface area contributed by atoms with Crippen LogP contribution in [0.1, 0.15) is 25.8 Å². The zero-order chi connectivity index (χ0) is 13.0. The van der Waals surface area contributed by atoms with E-state index in [0.717, 1.165) is 23.5 Å². The Morgan fingerprint density at radius 2 is 2.17 bits per heavy atom. The van der Waals surface area contributed by atoms with Crippen molar-refractivity contribution >= 4 is 5.97 Å². The molecule has 0 unspecified atom stereocenters. The standard InChI is InChI=1S/C14H18O4/c1-3-16-14(15)7-10(2)6-11-4-5-12-13(8-11)18-9-17-12/h4-5,8,10H,3,6-7,9H2,1-2H3/t10-/m1/s1. The molecule has 0 N–H and O–H groups in total. The highest BCUT2D eigenvalue weighted by atomic mass is 16.7. The third kappa shape index (κ3) is 3.15. The van der Waals surface area contributed by atoms with Crippen LogP contribution in [-0.2, 0) is 16.0 Å². The lowest BCUT2D eigenvalue weighted by atomic mass is 9.98. The molecule has 0 bridgehead atoms. The molecule has 1 aliphatic heterocycles. The summed E-state index contributed by atoms with van der Waals surface area (Å²) in [5.74, 6) is 1.70. The van der Waals surface area contributed by atoms with Gasteiger partial charge in [0.15, 0.2) is 11.5 Å². The maximum Gasteiger partial charge on any atom is 0.306 e. The minimum Gasteiger partial charge on any atom is -0.466 e. The number of rotatable bonds is 5. The number of carbonyl (C=O) groups is 1. The van der Waals surface area contributed by atoms with Crippen molar-refractivity contribution in [2.24, 2.45) is 5.92 Å². The van der Waals surface area contributed by atoms with Crippen LogP contribution >= 0.6 is 0 Å². The van der Waals surface area contributed by atoms with Gasteiger partial charge in [0.05, 0.1) is 6.61 Å². The quantitative estimate of drug-likeness (QED) is 0.753. The Morgan fingerprint density at radius 1 is 1.39 bits per heavy atom. The second-order valence-electron chi connectivity index (χ2n) is 4.51. The van der Waals surface area contributed by atoms with Crippen molar-refractivity contribution in [2.75, 3.05) is 13.4 Å². The number of benzene rings is 1. The Kier molecular flexibility index (Phi) is 4.07. The van der Waals surface area contributed by atoms with Gasteiger partial charge in [0.25, 0.3) is 0 Å². The molecule has 1 aromatic carbocycles. The van der Waals surface area contributed by atoms with Crippen LogP contribution in [0.25, 0.3) is 0 Å². The summed E-state index contributed by atoms with van der Waals surface area (Å²) in [6, 6.07) is 5.90. The molecule has 4 nitrogen and oxygen atoms in total. The fourth-order valence-corrected chi connectivity index (χ4v) is 2.05. The van der Waals surface area contributed by atoms with E-state index in [4.69, 9.17) is 14.2 Å². The van der Waals surface area contributed by atoms with Gasteiger partial charge in [0, 0.05) is 6.42 Å². The van der Waals surface area contributed by atoms with E-state index >= 15 is 0 Å². The summed E-state index contributed by atoms with van der Waals surface area (Å²) in [6.07, 6.45) is 1.28. The first-order valence-electron chi connectivity index (χ1n) is 6.23. The van der Waals surface area contributed by atoms with Gasteiger partial charge in [-0.3, -0.25) is 4.79 Å². The Hall–Kier alpha value is -1.71. The number of esters is 1. The summed E-state index contributed by atoms with van der Waals surface area (Å²) >= 11 is 0. The lowest BCUT2D eigenvalue weighted by Gasteiger charge is -2.11. The number of fused-ring (bicyclic) bond motifs is 1. The van der Waals surface area contributed by atoms with E-state index in [-0.39, 0.29) is 18.7 Å². The van der Waals surface area contributed by atoms with Gasteiger partial charge in [-0.25, -0.2) is 0 Å². The van der Waals surface area contributed by atoms with Gasteiger partial charge in [-0.2, -0.15) is 0 Å². The van der Waals surface area contributed by atoms with E-state index in [1.54, 1.807) is 0 Å². The largest absolute Gasteiger partial charge is 0.466 e. The number of ether oxygens (including phenoxy) is 3. The van der Waals surface area contributed by atoms with Gasteiger partial charge in [-0.05, 0) is 37.0 Å². The Bertz CT molecular complexity index is 428. The van der Waals surface area contributed by atoms with Gasteiger partial charge in [0.1, 0.15) is 0 Å². The van der Waals surface area contributed by atoms with Crippen molar-refractivity contribution in [3.8, 4) is 11.5 Å². The molecule has 0 saturated heterocycles. The molecule has 4 heteroatoms. The van der Waals surface area contributed by atoms with Gasteiger partial charge in [-0.1, -0.05) is 13.0 Å². The summed E-state index contributed by atoms with van der Waals surface area (Å²) in [5.41, 5.74) is 1.15. The Morgan fingerprint density at radius 3 is 2.94 bits per heavy atom. The van der Waals surface area contributed by atoms with Crippen molar-refractivity contribution in [1.29, 1.82) is 0 Å². The van der Waals surface area contributed by atoms with Gasteiger partial charge >= 0.3 is 5.97 Å². The van der Waals surface area contributed by atoms with Crippen LogP contribution in [0.15, 0.2) is 18.2 Å². The SMILES string of the molecule is CCOC(=O)C[C@H](C)Cc1ccc2c(c1)OCO2. The summed E-state index contributed by atoms with van der Waals surface area (Å²) in [7, 11) is 0. The molecule has 1 aromatic rings. The molecule has 98 valence electrons. The average molecular weight is 250 g/mol. The van der Waals surface area contributed by atoms with Crippen LogP contribution < -0.4 is 9.47 Å². The van der Waals surface area contributed by atoms with Crippen LogP contribution in [0, 0.1) is 5.92 Å². The molecular weight excluding hydrogens is 232 g/mol. The fraction of sp³-hybridized carbons (Fsp3) is 0.500. The third-order valence-corrected chi connectivity index (χ3v) is 2.84. The first-order valence-corrected chi connectivity index (χ1v) is 6.23. The molecule has 0 fully saturated rings. The maximum absolute atomic E-state index is 11.4. The molecule has 18 heavy (non-hydrogen) atoms. The van der Waals surface area contributed by atoms with Gasteiger partial charge in [0.2, 0.25) is 6.79 Å². The Labute approximate surface area is 107 Å². The second kappa shape index (κ2) is 5.76. The number of hydrogen-bond donors (Lipinski definition) is 0. The van der Waals surface area contributed by atoms with Crippen molar-refractivity contribution < 1.29 is 19.0 Å². The lowest BCUT2D eigenvalue weighted by Crippen LogP contribution is -2.11. The molecule has 1 heterocycles. The molecular formula is C14H18O4. The Balaban J connectivity index is 1.91.